The van der Waals surface area contributed by atoms with Gasteiger partial charge in [0.15, 0.2) is 11.5 Å². The molecule has 0 radical (unpaired) electrons. The molecule has 4 heterocycles. The highest BCUT2D eigenvalue weighted by Crippen LogP contribution is 2.38. The molecular formula is C19H15N3O2S. The van der Waals surface area contributed by atoms with E-state index in [1.54, 1.807) is 11.3 Å². The second-order valence-electron chi connectivity index (χ2n) is 5.84. The van der Waals surface area contributed by atoms with Gasteiger partial charge in [-0.25, -0.2) is 4.98 Å². The molecule has 0 aliphatic carbocycles. The van der Waals surface area contributed by atoms with Crippen LogP contribution in [0.5, 0.6) is 11.5 Å². The lowest BCUT2D eigenvalue weighted by Gasteiger charge is -2.10. The molecule has 0 spiro atoms. The molecule has 0 fully saturated rings. The summed E-state index contributed by atoms with van der Waals surface area (Å²) in [5.41, 5.74) is 3.93. The first-order chi connectivity index (χ1) is 12.3. The number of anilines is 2. The minimum absolute atomic E-state index is 0.272. The lowest BCUT2D eigenvalue weighted by atomic mass is 10.2. The van der Waals surface area contributed by atoms with Crippen molar-refractivity contribution in [3.8, 4) is 22.1 Å². The summed E-state index contributed by atoms with van der Waals surface area (Å²) in [5.74, 6) is 2.49. The van der Waals surface area contributed by atoms with Crippen molar-refractivity contribution in [2.75, 3.05) is 12.1 Å². The van der Waals surface area contributed by atoms with Crippen LogP contribution in [-0.4, -0.2) is 16.2 Å². The zero-order valence-corrected chi connectivity index (χ0v) is 14.3. The summed E-state index contributed by atoms with van der Waals surface area (Å²) >= 11 is 1.68. The number of ether oxygens (including phenoxy) is 2. The average Bonchev–Trinajstić information content (AvgIpc) is 3.34. The Balaban J connectivity index is 1.67. The topological polar surface area (TPSA) is 47.8 Å². The van der Waals surface area contributed by atoms with E-state index >= 15 is 0 Å². The van der Waals surface area contributed by atoms with Gasteiger partial charge >= 0.3 is 0 Å². The van der Waals surface area contributed by atoms with Gasteiger partial charge in [0.25, 0.3) is 0 Å². The lowest BCUT2D eigenvalue weighted by molar-refractivity contribution is 0.174. The maximum Gasteiger partial charge on any atom is 0.231 e. The summed E-state index contributed by atoms with van der Waals surface area (Å²) in [7, 11) is 0. The summed E-state index contributed by atoms with van der Waals surface area (Å²) < 4.78 is 13.0. The van der Waals surface area contributed by atoms with Gasteiger partial charge in [0.1, 0.15) is 17.2 Å². The van der Waals surface area contributed by atoms with E-state index in [0.29, 0.717) is 0 Å². The second-order valence-corrected chi connectivity index (χ2v) is 6.79. The molecule has 3 aromatic heterocycles. The minimum Gasteiger partial charge on any atom is -0.454 e. The molecule has 0 saturated carbocycles. The SMILES string of the molecule is Cc1cccc2nc(-c3cccs3)c(Nc3ccc4c(c3)OCO4)n12. The van der Waals surface area contributed by atoms with E-state index in [-0.39, 0.29) is 6.79 Å². The predicted molar refractivity (Wildman–Crippen MR) is 99.1 cm³/mol. The Morgan fingerprint density at radius 3 is 2.88 bits per heavy atom. The zero-order chi connectivity index (χ0) is 16.8. The quantitative estimate of drug-likeness (QED) is 0.575. The molecule has 0 bridgehead atoms. The van der Waals surface area contributed by atoms with Crippen LogP contribution in [0.15, 0.2) is 53.9 Å². The minimum atomic E-state index is 0.272. The van der Waals surface area contributed by atoms with Crippen LogP contribution in [0.1, 0.15) is 5.69 Å². The van der Waals surface area contributed by atoms with Gasteiger partial charge in [-0.2, -0.15) is 0 Å². The zero-order valence-electron chi connectivity index (χ0n) is 13.5. The number of aromatic nitrogens is 2. The largest absolute Gasteiger partial charge is 0.454 e. The number of pyridine rings is 1. The Morgan fingerprint density at radius 2 is 2.00 bits per heavy atom. The van der Waals surface area contributed by atoms with Crippen LogP contribution in [0.25, 0.3) is 16.2 Å². The number of rotatable bonds is 3. The normalized spacial score (nSPS) is 12.7. The maximum atomic E-state index is 5.49. The number of benzene rings is 1. The summed E-state index contributed by atoms with van der Waals surface area (Å²) in [5, 5.41) is 5.59. The van der Waals surface area contributed by atoms with Gasteiger partial charge in [-0.1, -0.05) is 12.1 Å². The monoisotopic (exact) mass is 349 g/mol. The molecule has 1 aliphatic rings. The average molecular weight is 349 g/mol. The number of hydrogen-bond donors (Lipinski definition) is 1. The van der Waals surface area contributed by atoms with E-state index in [1.165, 1.54) is 0 Å². The van der Waals surface area contributed by atoms with Gasteiger partial charge in [-0.05, 0) is 42.6 Å². The summed E-state index contributed by atoms with van der Waals surface area (Å²) in [6.07, 6.45) is 0. The molecule has 0 amide bonds. The summed E-state index contributed by atoms with van der Waals surface area (Å²) in [6, 6.07) is 16.1. The Hall–Kier alpha value is -2.99. The Kier molecular flexibility index (Phi) is 3.18. The first-order valence-electron chi connectivity index (χ1n) is 7.98. The molecule has 0 saturated heterocycles. The fourth-order valence-electron chi connectivity index (χ4n) is 3.07. The van der Waals surface area contributed by atoms with E-state index < -0.39 is 0 Å². The number of imidazole rings is 1. The molecule has 5 nitrogen and oxygen atoms in total. The fourth-order valence-corrected chi connectivity index (χ4v) is 3.78. The van der Waals surface area contributed by atoms with Crippen LogP contribution in [0.4, 0.5) is 11.5 Å². The molecule has 1 aromatic carbocycles. The smallest absolute Gasteiger partial charge is 0.231 e. The van der Waals surface area contributed by atoms with Gasteiger partial charge in [0, 0.05) is 17.4 Å². The second kappa shape index (κ2) is 5.53. The molecule has 0 unspecified atom stereocenters. The third-order valence-corrected chi connectivity index (χ3v) is 5.11. The summed E-state index contributed by atoms with van der Waals surface area (Å²) in [6.45, 7) is 2.35. The fraction of sp³-hybridized carbons (Fsp3) is 0.105. The number of aryl methyl sites for hydroxylation is 1. The van der Waals surface area contributed by atoms with Crippen LogP contribution in [0, 0.1) is 6.92 Å². The van der Waals surface area contributed by atoms with Crippen LogP contribution in [0.3, 0.4) is 0 Å². The van der Waals surface area contributed by atoms with Gasteiger partial charge < -0.3 is 14.8 Å². The van der Waals surface area contributed by atoms with Crippen molar-refractivity contribution < 1.29 is 9.47 Å². The molecule has 124 valence electrons. The maximum absolute atomic E-state index is 5.49. The molecular weight excluding hydrogens is 334 g/mol. The van der Waals surface area contributed by atoms with Crippen LogP contribution in [0.2, 0.25) is 0 Å². The van der Waals surface area contributed by atoms with Gasteiger partial charge in [0.05, 0.1) is 4.88 Å². The number of fused-ring (bicyclic) bond motifs is 2. The number of nitrogens with zero attached hydrogens (tertiary/aromatic N) is 2. The third kappa shape index (κ3) is 2.34. The third-order valence-electron chi connectivity index (χ3n) is 4.23. The molecule has 1 N–H and O–H groups in total. The molecule has 5 rings (SSSR count). The van der Waals surface area contributed by atoms with E-state index in [9.17, 15) is 0 Å². The lowest BCUT2D eigenvalue weighted by Crippen LogP contribution is -1.99. The van der Waals surface area contributed by atoms with E-state index in [2.05, 4.69) is 34.2 Å². The first-order valence-corrected chi connectivity index (χ1v) is 8.86. The first kappa shape index (κ1) is 14.4. The van der Waals surface area contributed by atoms with Gasteiger partial charge in [-0.3, -0.25) is 4.40 Å². The molecule has 1 aliphatic heterocycles. The van der Waals surface area contributed by atoms with Crippen molar-refractivity contribution in [3.05, 3.63) is 59.6 Å². The molecule has 0 atom stereocenters. The predicted octanol–water partition coefficient (Wildman–Crippen LogP) is 4.84. The Morgan fingerprint density at radius 1 is 1.08 bits per heavy atom. The highest BCUT2D eigenvalue weighted by molar-refractivity contribution is 7.13. The van der Waals surface area contributed by atoms with Crippen LogP contribution >= 0.6 is 11.3 Å². The van der Waals surface area contributed by atoms with Crippen molar-refractivity contribution in [2.45, 2.75) is 6.92 Å². The standard InChI is InChI=1S/C19H15N3O2S/c1-12-4-2-6-17-21-18(16-5-3-9-25-16)19(22(12)17)20-13-7-8-14-15(10-13)24-11-23-14/h2-10,20H,11H2,1H3. The van der Waals surface area contributed by atoms with E-state index in [4.69, 9.17) is 14.5 Å². The summed E-state index contributed by atoms with van der Waals surface area (Å²) in [4.78, 5) is 5.97. The number of thiophene rings is 1. The Labute approximate surface area is 148 Å². The van der Waals surface area contributed by atoms with Crippen LogP contribution in [-0.2, 0) is 0 Å². The van der Waals surface area contributed by atoms with Gasteiger partial charge in [-0.15, -0.1) is 11.3 Å². The van der Waals surface area contributed by atoms with Crippen molar-refractivity contribution in [1.29, 1.82) is 0 Å². The van der Waals surface area contributed by atoms with Crippen molar-refractivity contribution in [2.24, 2.45) is 0 Å². The van der Waals surface area contributed by atoms with Crippen molar-refractivity contribution in [3.63, 3.8) is 0 Å². The number of hydrogen-bond acceptors (Lipinski definition) is 5. The Bertz CT molecular complexity index is 1070. The number of nitrogens with one attached hydrogen (secondary N) is 1. The van der Waals surface area contributed by atoms with Crippen molar-refractivity contribution >= 4 is 28.5 Å². The molecule has 25 heavy (non-hydrogen) atoms. The van der Waals surface area contributed by atoms with Crippen LogP contribution < -0.4 is 14.8 Å². The molecule has 4 aromatic rings. The highest BCUT2D eigenvalue weighted by atomic mass is 32.1. The van der Waals surface area contributed by atoms with Crippen molar-refractivity contribution in [1.82, 2.24) is 9.38 Å². The van der Waals surface area contributed by atoms with Gasteiger partial charge in [0.2, 0.25) is 6.79 Å². The highest BCUT2D eigenvalue weighted by Gasteiger charge is 2.18. The van der Waals surface area contributed by atoms with E-state index in [0.717, 1.165) is 44.9 Å². The molecule has 6 heteroatoms. The van der Waals surface area contributed by atoms with E-state index in [1.807, 2.05) is 36.4 Å².